The summed E-state index contributed by atoms with van der Waals surface area (Å²) in [6.45, 7) is 4.37. The monoisotopic (exact) mass is 624 g/mol. The highest BCUT2D eigenvalue weighted by atomic mass is 32.2. The zero-order valence-corrected chi connectivity index (χ0v) is 26.0. The summed E-state index contributed by atoms with van der Waals surface area (Å²) >= 11 is 0. The summed E-state index contributed by atoms with van der Waals surface area (Å²) in [5, 5.41) is 12.7. The van der Waals surface area contributed by atoms with Gasteiger partial charge in [-0.3, -0.25) is 0 Å². The van der Waals surface area contributed by atoms with Crippen LogP contribution in [0.15, 0.2) is 108 Å². The van der Waals surface area contributed by atoms with Crippen molar-refractivity contribution in [1.82, 2.24) is 24.2 Å². The summed E-state index contributed by atoms with van der Waals surface area (Å²) in [4.78, 5) is 22.6. The zero-order chi connectivity index (χ0) is 31.6. The molecule has 2 aromatic heterocycles. The molecule has 5 aromatic rings. The molecule has 6 rings (SSSR count). The number of rotatable bonds is 9. The number of fused-ring (bicyclic) bond motifs is 1. The molecule has 232 valence electrons. The second-order valence-corrected chi connectivity index (χ2v) is 13.2. The van der Waals surface area contributed by atoms with Crippen LogP contribution >= 0.6 is 0 Å². The Morgan fingerprint density at radius 3 is 1.87 bits per heavy atom. The third-order valence-electron chi connectivity index (χ3n) is 8.20. The maximum atomic E-state index is 13.9. The Bertz CT molecular complexity index is 1790. The van der Waals surface area contributed by atoms with E-state index < -0.39 is 21.7 Å². The van der Waals surface area contributed by atoms with Crippen LogP contribution in [0, 0.1) is 0 Å². The lowest BCUT2D eigenvalue weighted by molar-refractivity contribution is 0.133. The lowest BCUT2D eigenvalue weighted by Gasteiger charge is -2.38. The van der Waals surface area contributed by atoms with Crippen LogP contribution in [-0.2, 0) is 15.6 Å². The first kappa shape index (κ1) is 30.3. The summed E-state index contributed by atoms with van der Waals surface area (Å²) in [7, 11) is -4.01. The first-order chi connectivity index (χ1) is 21.7. The van der Waals surface area contributed by atoms with Crippen molar-refractivity contribution in [2.45, 2.75) is 49.2 Å². The number of piperidine rings is 1. The van der Waals surface area contributed by atoms with Gasteiger partial charge in [-0.25, -0.2) is 27.9 Å². The van der Waals surface area contributed by atoms with E-state index in [4.69, 9.17) is 9.97 Å². The number of sulfonamides is 1. The minimum absolute atomic E-state index is 0.0233. The molecular weight excluding hydrogens is 588 g/mol. The summed E-state index contributed by atoms with van der Waals surface area (Å²) in [6, 6.07) is 29.6. The molecule has 0 aliphatic carbocycles. The summed E-state index contributed by atoms with van der Waals surface area (Å²) in [5.41, 5.74) is 2.42. The molecule has 3 N–H and O–H groups in total. The number of carboxylic acid groups (broad SMARTS) is 1. The number of nitrogens with one attached hydrogen (secondary N) is 2. The number of hydrogen-bond donors (Lipinski definition) is 3. The van der Waals surface area contributed by atoms with Gasteiger partial charge in [-0.05, 0) is 43.4 Å². The van der Waals surface area contributed by atoms with Gasteiger partial charge in [0.15, 0.2) is 5.65 Å². The number of hydrogen-bond acceptors (Lipinski definition) is 6. The first-order valence-corrected chi connectivity index (χ1v) is 16.5. The van der Waals surface area contributed by atoms with E-state index in [1.54, 1.807) is 26.2 Å². The van der Waals surface area contributed by atoms with E-state index in [0.717, 1.165) is 16.7 Å². The SMILES string of the molecule is CC(C)NS(=O)(=O)c1cn(C(c2ccccc2)(c2ccccc2)c2ccccc2)c2ncc(NC3CCN(C(=O)O)CC3)nc12. The third-order valence-corrected chi connectivity index (χ3v) is 9.85. The Labute approximate surface area is 262 Å². The van der Waals surface area contributed by atoms with E-state index in [1.807, 2.05) is 95.6 Å². The maximum Gasteiger partial charge on any atom is 0.407 e. The molecular formula is C34H36N6O4S. The van der Waals surface area contributed by atoms with E-state index in [1.165, 1.54) is 4.90 Å². The number of aromatic nitrogens is 3. The number of nitrogens with zero attached hydrogens (tertiary/aromatic N) is 4. The number of likely N-dealkylation sites (tertiary alicyclic amines) is 1. The molecule has 0 atom stereocenters. The highest BCUT2D eigenvalue weighted by Gasteiger charge is 2.41. The first-order valence-electron chi connectivity index (χ1n) is 15.0. The van der Waals surface area contributed by atoms with Crippen LogP contribution in [0.1, 0.15) is 43.4 Å². The Morgan fingerprint density at radius 2 is 1.40 bits per heavy atom. The van der Waals surface area contributed by atoms with Crippen LogP contribution in [0.5, 0.6) is 0 Å². The average molecular weight is 625 g/mol. The smallest absolute Gasteiger partial charge is 0.407 e. The zero-order valence-electron chi connectivity index (χ0n) is 25.2. The molecule has 0 radical (unpaired) electrons. The predicted molar refractivity (Wildman–Crippen MR) is 174 cm³/mol. The van der Waals surface area contributed by atoms with Gasteiger partial charge >= 0.3 is 6.09 Å². The van der Waals surface area contributed by atoms with Gasteiger partial charge in [0.25, 0.3) is 0 Å². The van der Waals surface area contributed by atoms with E-state index in [9.17, 15) is 18.3 Å². The van der Waals surface area contributed by atoms with Gasteiger partial charge in [-0.15, -0.1) is 0 Å². The van der Waals surface area contributed by atoms with Crippen molar-refractivity contribution < 1.29 is 18.3 Å². The van der Waals surface area contributed by atoms with E-state index in [-0.39, 0.29) is 22.5 Å². The van der Waals surface area contributed by atoms with Gasteiger partial charge in [0, 0.05) is 31.4 Å². The van der Waals surface area contributed by atoms with Crippen LogP contribution in [0.3, 0.4) is 0 Å². The lowest BCUT2D eigenvalue weighted by Crippen LogP contribution is -2.41. The van der Waals surface area contributed by atoms with Gasteiger partial charge in [-0.1, -0.05) is 91.0 Å². The van der Waals surface area contributed by atoms with Crippen LogP contribution in [0.25, 0.3) is 11.2 Å². The molecule has 0 bridgehead atoms. The molecule has 0 saturated carbocycles. The van der Waals surface area contributed by atoms with Gasteiger partial charge < -0.3 is 19.9 Å². The van der Waals surface area contributed by atoms with Gasteiger partial charge in [0.1, 0.15) is 21.8 Å². The second-order valence-electron chi connectivity index (χ2n) is 11.6. The number of amides is 1. The Hall–Kier alpha value is -4.74. The molecule has 1 aliphatic rings. The molecule has 0 spiro atoms. The van der Waals surface area contributed by atoms with Crippen LogP contribution < -0.4 is 10.0 Å². The molecule has 3 heterocycles. The van der Waals surface area contributed by atoms with Crippen molar-refractivity contribution in [1.29, 1.82) is 0 Å². The van der Waals surface area contributed by atoms with E-state index in [0.29, 0.717) is 37.4 Å². The van der Waals surface area contributed by atoms with Gasteiger partial charge in [0.2, 0.25) is 10.0 Å². The molecule has 11 heteroatoms. The summed E-state index contributed by atoms with van der Waals surface area (Å²) in [5.74, 6) is 0.430. The van der Waals surface area contributed by atoms with E-state index >= 15 is 0 Å². The molecule has 1 saturated heterocycles. The fourth-order valence-electron chi connectivity index (χ4n) is 6.24. The Morgan fingerprint density at radius 1 is 0.889 bits per heavy atom. The normalized spacial score (nSPS) is 14.6. The van der Waals surface area contributed by atoms with Crippen molar-refractivity contribution >= 4 is 33.1 Å². The molecule has 1 aliphatic heterocycles. The topological polar surface area (TPSA) is 129 Å². The van der Waals surface area contributed by atoms with Crippen LogP contribution in [0.4, 0.5) is 10.6 Å². The molecule has 1 fully saturated rings. The largest absolute Gasteiger partial charge is 0.465 e. The number of benzene rings is 3. The van der Waals surface area contributed by atoms with Crippen molar-refractivity contribution in [3.63, 3.8) is 0 Å². The highest BCUT2D eigenvalue weighted by molar-refractivity contribution is 7.89. The fraction of sp³-hybridized carbons (Fsp3) is 0.265. The standard InChI is InChI=1S/C34H36N6O4S/c1-24(2)38-45(43,44)29-23-40(32-31(29)37-30(22-35-32)36-28-18-20-39(21-19-28)33(41)42)34(25-12-6-3-7-13-25,26-14-8-4-9-15-26)27-16-10-5-11-17-27/h3-17,22-24,28,38H,18-21H2,1-2H3,(H,36,37)(H,41,42). The maximum absolute atomic E-state index is 13.9. The van der Waals surface area contributed by atoms with Crippen LogP contribution in [-0.4, -0.2) is 64.2 Å². The number of anilines is 1. The highest BCUT2D eigenvalue weighted by Crippen LogP contribution is 2.43. The van der Waals surface area contributed by atoms with Gasteiger partial charge in [-0.2, -0.15) is 0 Å². The average Bonchev–Trinajstić information content (AvgIpc) is 3.43. The number of carbonyl (C=O) groups is 1. The minimum atomic E-state index is -4.01. The quantitative estimate of drug-likeness (QED) is 0.184. The molecule has 3 aromatic carbocycles. The van der Waals surface area contributed by atoms with Crippen molar-refractivity contribution in [3.05, 3.63) is 120 Å². The molecule has 10 nitrogen and oxygen atoms in total. The fourth-order valence-corrected chi connectivity index (χ4v) is 7.62. The lowest BCUT2D eigenvalue weighted by atomic mass is 9.76. The predicted octanol–water partition coefficient (Wildman–Crippen LogP) is 5.51. The van der Waals surface area contributed by atoms with Gasteiger partial charge in [0.05, 0.1) is 6.20 Å². The minimum Gasteiger partial charge on any atom is -0.465 e. The summed E-state index contributed by atoms with van der Waals surface area (Å²) < 4.78 is 32.5. The third kappa shape index (κ3) is 5.76. The van der Waals surface area contributed by atoms with Crippen LogP contribution in [0.2, 0.25) is 0 Å². The second kappa shape index (κ2) is 12.3. The van der Waals surface area contributed by atoms with Crippen molar-refractivity contribution in [2.24, 2.45) is 0 Å². The molecule has 1 amide bonds. The van der Waals surface area contributed by atoms with Crippen molar-refractivity contribution in [2.75, 3.05) is 18.4 Å². The van der Waals surface area contributed by atoms with E-state index in [2.05, 4.69) is 10.0 Å². The molecule has 0 unspecified atom stereocenters. The summed E-state index contributed by atoms with van der Waals surface area (Å²) in [6.07, 6.45) is 3.55. The van der Waals surface area contributed by atoms with Crippen molar-refractivity contribution in [3.8, 4) is 0 Å². The Kier molecular flexibility index (Phi) is 8.30. The Balaban J connectivity index is 1.60. The molecule has 45 heavy (non-hydrogen) atoms.